The van der Waals surface area contributed by atoms with Crippen LogP contribution in [0, 0.1) is 6.92 Å². The Morgan fingerprint density at radius 1 is 1.45 bits per heavy atom. The smallest absolute Gasteiger partial charge is 0.193 e. The van der Waals surface area contributed by atoms with Crippen LogP contribution >= 0.6 is 11.3 Å². The molecule has 1 N–H and O–H groups in total. The second-order valence-electron chi connectivity index (χ2n) is 5.49. The van der Waals surface area contributed by atoms with E-state index in [0.29, 0.717) is 6.10 Å². The highest BCUT2D eigenvalue weighted by Crippen LogP contribution is 2.14. The average Bonchev–Trinajstić information content (AvgIpc) is 2.93. The van der Waals surface area contributed by atoms with Gasteiger partial charge in [-0.1, -0.05) is 0 Å². The zero-order chi connectivity index (χ0) is 15.8. The van der Waals surface area contributed by atoms with Gasteiger partial charge in [0.2, 0.25) is 0 Å². The summed E-state index contributed by atoms with van der Waals surface area (Å²) in [7, 11) is 0. The predicted molar refractivity (Wildman–Crippen MR) is 92.8 cm³/mol. The number of thiazole rings is 1. The molecule has 1 fully saturated rings. The molecule has 1 aliphatic rings. The minimum atomic E-state index is 0.419. The van der Waals surface area contributed by atoms with E-state index in [1.165, 1.54) is 0 Å². The maximum atomic E-state index is 5.72. The molecule has 0 saturated carbocycles. The van der Waals surface area contributed by atoms with E-state index in [1.807, 2.05) is 6.92 Å². The van der Waals surface area contributed by atoms with Crippen molar-refractivity contribution in [2.45, 2.75) is 46.1 Å². The van der Waals surface area contributed by atoms with E-state index >= 15 is 0 Å². The lowest BCUT2D eigenvalue weighted by atomic mass is 10.1. The first-order valence-electron chi connectivity index (χ1n) is 8.28. The molecule has 22 heavy (non-hydrogen) atoms. The molecule has 0 aliphatic carbocycles. The molecule has 0 aromatic carbocycles. The van der Waals surface area contributed by atoms with Gasteiger partial charge < -0.3 is 15.0 Å². The van der Waals surface area contributed by atoms with Crippen molar-refractivity contribution in [1.29, 1.82) is 0 Å². The molecule has 0 amide bonds. The molecule has 2 rings (SSSR count). The van der Waals surface area contributed by atoms with Gasteiger partial charge in [0, 0.05) is 44.6 Å². The molecule has 0 bridgehead atoms. The lowest BCUT2D eigenvalue weighted by Crippen LogP contribution is -2.47. The van der Waals surface area contributed by atoms with Crippen LogP contribution in [0.1, 0.15) is 37.4 Å². The van der Waals surface area contributed by atoms with Crippen LogP contribution in [-0.2, 0) is 11.2 Å². The lowest BCUT2D eigenvalue weighted by Gasteiger charge is -2.34. The third-order valence-corrected chi connectivity index (χ3v) is 4.60. The monoisotopic (exact) mass is 324 g/mol. The maximum Gasteiger partial charge on any atom is 0.193 e. The number of aromatic nitrogens is 1. The highest BCUT2D eigenvalue weighted by Gasteiger charge is 2.21. The molecule has 0 radical (unpaired) electrons. The van der Waals surface area contributed by atoms with E-state index in [4.69, 9.17) is 9.73 Å². The van der Waals surface area contributed by atoms with Gasteiger partial charge in [-0.2, -0.15) is 0 Å². The Morgan fingerprint density at radius 2 is 2.23 bits per heavy atom. The van der Waals surface area contributed by atoms with Crippen LogP contribution < -0.4 is 5.32 Å². The fourth-order valence-corrected chi connectivity index (χ4v) is 3.34. The van der Waals surface area contributed by atoms with Crippen molar-refractivity contribution in [3.63, 3.8) is 0 Å². The molecule has 1 aromatic rings. The Hall–Kier alpha value is -1.14. The number of nitrogens with zero attached hydrogens (tertiary/aromatic N) is 3. The van der Waals surface area contributed by atoms with E-state index in [9.17, 15) is 0 Å². The van der Waals surface area contributed by atoms with Crippen LogP contribution in [0.25, 0.3) is 0 Å². The first-order valence-corrected chi connectivity index (χ1v) is 9.16. The van der Waals surface area contributed by atoms with Gasteiger partial charge in [0.15, 0.2) is 5.96 Å². The van der Waals surface area contributed by atoms with Crippen LogP contribution in [0.5, 0.6) is 0 Å². The van der Waals surface area contributed by atoms with Gasteiger partial charge in [-0.15, -0.1) is 11.3 Å². The quantitative estimate of drug-likeness (QED) is 0.645. The first-order chi connectivity index (χ1) is 10.7. The maximum absolute atomic E-state index is 5.72. The van der Waals surface area contributed by atoms with Crippen LogP contribution in [-0.4, -0.2) is 54.7 Å². The van der Waals surface area contributed by atoms with Gasteiger partial charge >= 0.3 is 0 Å². The summed E-state index contributed by atoms with van der Waals surface area (Å²) >= 11 is 1.71. The van der Waals surface area contributed by atoms with Gasteiger partial charge in [0.25, 0.3) is 0 Å². The van der Waals surface area contributed by atoms with Crippen LogP contribution in [0.2, 0.25) is 0 Å². The van der Waals surface area contributed by atoms with Crippen LogP contribution in [0.4, 0.5) is 0 Å². The zero-order valence-corrected chi connectivity index (χ0v) is 14.8. The highest BCUT2D eigenvalue weighted by atomic mass is 32.1. The summed E-state index contributed by atoms with van der Waals surface area (Å²) in [6.07, 6.45) is 3.50. The number of nitrogens with one attached hydrogen (secondary N) is 1. The molecule has 2 heterocycles. The number of aliphatic imine (C=N–C) groups is 1. The molecule has 124 valence electrons. The third kappa shape index (κ3) is 5.25. The van der Waals surface area contributed by atoms with Crippen molar-refractivity contribution in [2.24, 2.45) is 4.99 Å². The fourth-order valence-electron chi connectivity index (χ4n) is 2.70. The Labute approximate surface area is 137 Å². The van der Waals surface area contributed by atoms with E-state index in [1.54, 1.807) is 11.3 Å². The average molecular weight is 324 g/mol. The normalized spacial score (nSPS) is 17.0. The summed E-state index contributed by atoms with van der Waals surface area (Å²) in [4.78, 5) is 11.6. The second-order valence-corrected chi connectivity index (χ2v) is 6.55. The Bertz CT molecular complexity index is 466. The molecule has 1 aromatic heterocycles. The van der Waals surface area contributed by atoms with Gasteiger partial charge in [0.05, 0.1) is 16.8 Å². The van der Waals surface area contributed by atoms with E-state index in [-0.39, 0.29) is 0 Å². The number of guanidine groups is 1. The van der Waals surface area contributed by atoms with Gasteiger partial charge in [0.1, 0.15) is 0 Å². The summed E-state index contributed by atoms with van der Waals surface area (Å²) in [5.41, 5.74) is 1.15. The first kappa shape index (κ1) is 17.2. The summed E-state index contributed by atoms with van der Waals surface area (Å²) in [6.45, 7) is 10.8. The number of hydrogen-bond donors (Lipinski definition) is 1. The second kappa shape index (κ2) is 9.10. The number of likely N-dealkylation sites (tertiary alicyclic amines) is 1. The molecule has 5 nitrogen and oxygen atoms in total. The Kier molecular flexibility index (Phi) is 7.12. The summed E-state index contributed by atoms with van der Waals surface area (Å²) in [5, 5.41) is 6.67. The topological polar surface area (TPSA) is 49.8 Å². The van der Waals surface area contributed by atoms with E-state index in [2.05, 4.69) is 34.4 Å². The van der Waals surface area contributed by atoms with Crippen molar-refractivity contribution in [2.75, 3.05) is 32.8 Å². The van der Waals surface area contributed by atoms with Gasteiger partial charge in [-0.25, -0.2) is 4.98 Å². The largest absolute Gasteiger partial charge is 0.378 e. The van der Waals surface area contributed by atoms with Crippen molar-refractivity contribution in [3.8, 4) is 0 Å². The summed E-state index contributed by atoms with van der Waals surface area (Å²) in [6, 6.07) is 0. The Morgan fingerprint density at radius 3 is 2.82 bits per heavy atom. The molecule has 1 aliphatic heterocycles. The minimum Gasteiger partial charge on any atom is -0.378 e. The van der Waals surface area contributed by atoms with Crippen molar-refractivity contribution < 1.29 is 4.74 Å². The third-order valence-electron chi connectivity index (χ3n) is 3.77. The molecule has 0 unspecified atom stereocenters. The lowest BCUT2D eigenvalue weighted by molar-refractivity contribution is 0.0264. The molecule has 0 spiro atoms. The van der Waals surface area contributed by atoms with E-state index < -0.39 is 0 Å². The minimum absolute atomic E-state index is 0.419. The van der Waals surface area contributed by atoms with Crippen molar-refractivity contribution in [3.05, 3.63) is 16.1 Å². The van der Waals surface area contributed by atoms with Crippen LogP contribution in [0.15, 0.2) is 10.4 Å². The summed E-state index contributed by atoms with van der Waals surface area (Å²) in [5.74, 6) is 1.03. The molecular weight excluding hydrogens is 296 g/mol. The predicted octanol–water partition coefficient (Wildman–Crippen LogP) is 2.46. The molecular formula is C16H28N4OS. The van der Waals surface area contributed by atoms with E-state index in [0.717, 1.165) is 68.7 Å². The standard InChI is InChI=1S/C16H28N4OS/c1-4-17-16(18-9-6-14-12-22-13(3)19-14)20-10-7-15(8-11-20)21-5-2/h12,15H,4-11H2,1-3H3,(H,17,18). The molecule has 0 atom stereocenters. The molecule has 6 heteroatoms. The number of rotatable bonds is 6. The van der Waals surface area contributed by atoms with Crippen molar-refractivity contribution in [1.82, 2.24) is 15.2 Å². The van der Waals surface area contributed by atoms with Gasteiger partial charge in [-0.3, -0.25) is 4.99 Å². The summed E-state index contributed by atoms with van der Waals surface area (Å²) < 4.78 is 5.72. The number of hydrogen-bond acceptors (Lipinski definition) is 4. The SMILES string of the molecule is CCNC(=NCCc1csc(C)n1)N1CCC(OCC)CC1. The fraction of sp³-hybridized carbons (Fsp3) is 0.750. The number of piperidine rings is 1. The molecule has 1 saturated heterocycles. The van der Waals surface area contributed by atoms with Crippen molar-refractivity contribution >= 4 is 17.3 Å². The highest BCUT2D eigenvalue weighted by molar-refractivity contribution is 7.09. The van der Waals surface area contributed by atoms with Crippen LogP contribution in [0.3, 0.4) is 0 Å². The number of aryl methyl sites for hydroxylation is 1. The Balaban J connectivity index is 1.84. The zero-order valence-electron chi connectivity index (χ0n) is 14.0. The van der Waals surface area contributed by atoms with Gasteiger partial charge in [-0.05, 0) is 33.6 Å². The number of ether oxygens (including phenoxy) is 1.